The Balaban J connectivity index is 0.00000220. The van der Waals surface area contributed by atoms with Gasteiger partial charge >= 0.3 is 0 Å². The third-order valence-corrected chi connectivity index (χ3v) is 4.05. The van der Waals surface area contributed by atoms with Crippen molar-refractivity contribution >= 4 is 47.4 Å². The van der Waals surface area contributed by atoms with Crippen molar-refractivity contribution < 1.29 is 9.53 Å². The van der Waals surface area contributed by atoms with Crippen molar-refractivity contribution in [3.05, 3.63) is 5.82 Å². The molecule has 1 aliphatic heterocycles. The van der Waals surface area contributed by atoms with Gasteiger partial charge in [0.1, 0.15) is 5.82 Å². The van der Waals surface area contributed by atoms with Crippen molar-refractivity contribution in [2.24, 2.45) is 0 Å². The number of aromatic nitrogens is 2. The smallest absolute Gasteiger partial charge is 0.236 e. The largest absolute Gasteiger partial charge is 0.383 e. The van der Waals surface area contributed by atoms with Crippen molar-refractivity contribution in [1.29, 1.82) is 0 Å². The summed E-state index contributed by atoms with van der Waals surface area (Å²) in [5.41, 5.74) is 0. The van der Waals surface area contributed by atoms with Crippen LogP contribution in [-0.2, 0) is 9.53 Å². The van der Waals surface area contributed by atoms with E-state index in [0.29, 0.717) is 19.7 Å². The van der Waals surface area contributed by atoms with Gasteiger partial charge in [0.25, 0.3) is 0 Å². The molecule has 7 nitrogen and oxygen atoms in total. The van der Waals surface area contributed by atoms with Crippen LogP contribution in [0.2, 0.25) is 0 Å². The summed E-state index contributed by atoms with van der Waals surface area (Å²) in [6, 6.07) is 0. The zero-order valence-electron chi connectivity index (χ0n) is 12.8. The van der Waals surface area contributed by atoms with E-state index in [-0.39, 0.29) is 30.7 Å². The summed E-state index contributed by atoms with van der Waals surface area (Å²) in [5, 5.41) is 4.03. The number of aryl methyl sites for hydroxylation is 1. The predicted octanol–water partition coefficient (Wildman–Crippen LogP) is 0.575. The molecule has 0 bridgehead atoms. The molecule has 1 aromatic heterocycles. The molecule has 1 amide bonds. The van der Waals surface area contributed by atoms with E-state index in [9.17, 15) is 4.79 Å². The Morgan fingerprint density at radius 1 is 1.32 bits per heavy atom. The fourth-order valence-corrected chi connectivity index (χ4v) is 2.77. The molecule has 1 saturated heterocycles. The van der Waals surface area contributed by atoms with Gasteiger partial charge in [0, 0.05) is 51.4 Å². The number of ether oxygens (including phenoxy) is 1. The topological polar surface area (TPSA) is 70.6 Å². The van der Waals surface area contributed by atoms with Gasteiger partial charge in [-0.3, -0.25) is 4.79 Å². The average Bonchev–Trinajstić information content (AvgIpc) is 2.90. The molecule has 0 aliphatic carbocycles. The highest BCUT2D eigenvalue weighted by atomic mass is 35.5. The Hall–Kier alpha value is -0.670. The summed E-state index contributed by atoms with van der Waals surface area (Å²) in [4.78, 5) is 20.4. The summed E-state index contributed by atoms with van der Waals surface area (Å²) in [6.07, 6.45) is 0. The minimum atomic E-state index is 0. The first-order valence-electron chi connectivity index (χ1n) is 6.73. The Labute approximate surface area is 147 Å². The van der Waals surface area contributed by atoms with E-state index in [2.05, 4.69) is 19.6 Å². The molecule has 0 aromatic carbocycles. The minimum Gasteiger partial charge on any atom is -0.383 e. The third kappa shape index (κ3) is 6.21. The second-order valence-electron chi connectivity index (χ2n) is 4.66. The highest BCUT2D eigenvalue weighted by Crippen LogP contribution is 2.18. The number of rotatable bonds is 6. The lowest BCUT2D eigenvalue weighted by Crippen LogP contribution is -2.51. The van der Waals surface area contributed by atoms with Gasteiger partial charge in [-0.1, -0.05) is 0 Å². The van der Waals surface area contributed by atoms with Gasteiger partial charge in [0.15, 0.2) is 0 Å². The second kappa shape index (κ2) is 11.0. The Kier molecular flexibility index (Phi) is 10.6. The number of nitrogens with zero attached hydrogens (tertiary/aromatic N) is 4. The molecule has 0 saturated carbocycles. The molecule has 0 unspecified atom stereocenters. The first-order valence-corrected chi connectivity index (χ1v) is 7.50. The summed E-state index contributed by atoms with van der Waals surface area (Å²) in [7, 11) is 1.65. The van der Waals surface area contributed by atoms with Crippen LogP contribution in [0.25, 0.3) is 0 Å². The van der Waals surface area contributed by atoms with Crippen LogP contribution in [-0.4, -0.2) is 73.1 Å². The van der Waals surface area contributed by atoms with Crippen LogP contribution in [0.5, 0.6) is 0 Å². The van der Waals surface area contributed by atoms with E-state index < -0.39 is 0 Å². The van der Waals surface area contributed by atoms with Crippen LogP contribution >= 0.6 is 36.3 Å². The molecule has 10 heteroatoms. The molecule has 0 spiro atoms. The number of amides is 1. The van der Waals surface area contributed by atoms with Gasteiger partial charge in [-0.05, 0) is 6.92 Å². The molecule has 22 heavy (non-hydrogen) atoms. The van der Waals surface area contributed by atoms with Gasteiger partial charge in [-0.2, -0.15) is 4.37 Å². The van der Waals surface area contributed by atoms with Crippen LogP contribution in [0.1, 0.15) is 5.82 Å². The van der Waals surface area contributed by atoms with Crippen molar-refractivity contribution in [2.75, 3.05) is 57.9 Å². The van der Waals surface area contributed by atoms with E-state index in [0.717, 1.165) is 37.1 Å². The number of methoxy groups -OCH3 is 1. The van der Waals surface area contributed by atoms with Crippen molar-refractivity contribution in [1.82, 2.24) is 19.6 Å². The summed E-state index contributed by atoms with van der Waals surface area (Å²) >= 11 is 1.42. The lowest BCUT2D eigenvalue weighted by Gasteiger charge is -2.34. The average molecular weight is 372 g/mol. The van der Waals surface area contributed by atoms with Crippen molar-refractivity contribution in [2.45, 2.75) is 6.92 Å². The van der Waals surface area contributed by atoms with Crippen LogP contribution < -0.4 is 10.2 Å². The number of carbonyl (C=O) groups is 1. The van der Waals surface area contributed by atoms with Gasteiger partial charge in [-0.25, -0.2) is 4.98 Å². The maximum Gasteiger partial charge on any atom is 0.236 e. The fourth-order valence-electron chi connectivity index (χ4n) is 2.04. The van der Waals surface area contributed by atoms with Gasteiger partial charge in [0.05, 0.1) is 13.2 Å². The first kappa shape index (κ1) is 21.3. The normalized spacial score (nSPS) is 14.3. The minimum absolute atomic E-state index is 0. The lowest BCUT2D eigenvalue weighted by atomic mass is 10.3. The standard InChI is InChI=1S/C12H21N5O2S.2ClH/c1-10-14-12(20-15-10)17-6-4-16(5-7-17)11(18)9-13-3-8-19-2;;/h13H,3-9H2,1-2H3;2*1H. The Morgan fingerprint density at radius 2 is 2.00 bits per heavy atom. The van der Waals surface area contributed by atoms with Crippen LogP contribution in [0.15, 0.2) is 0 Å². The summed E-state index contributed by atoms with van der Waals surface area (Å²) in [6.45, 7) is 6.71. The van der Waals surface area contributed by atoms with E-state index in [1.807, 2.05) is 11.8 Å². The highest BCUT2D eigenvalue weighted by molar-refractivity contribution is 7.09. The Morgan fingerprint density at radius 3 is 2.55 bits per heavy atom. The van der Waals surface area contributed by atoms with Crippen molar-refractivity contribution in [3.8, 4) is 0 Å². The zero-order chi connectivity index (χ0) is 14.4. The lowest BCUT2D eigenvalue weighted by molar-refractivity contribution is -0.130. The van der Waals surface area contributed by atoms with Gasteiger partial charge in [0.2, 0.25) is 11.0 Å². The molecule has 0 radical (unpaired) electrons. The number of halogens is 2. The maximum atomic E-state index is 12.0. The van der Waals surface area contributed by atoms with E-state index in [1.54, 1.807) is 7.11 Å². The highest BCUT2D eigenvalue weighted by Gasteiger charge is 2.22. The molecule has 1 N–H and O–H groups in total. The molecule has 1 aromatic rings. The molecular weight excluding hydrogens is 349 g/mol. The fraction of sp³-hybridized carbons (Fsp3) is 0.750. The number of carbonyl (C=O) groups excluding carboxylic acids is 1. The van der Waals surface area contributed by atoms with Crippen LogP contribution in [0.3, 0.4) is 0 Å². The maximum absolute atomic E-state index is 12.0. The molecule has 2 rings (SSSR count). The van der Waals surface area contributed by atoms with Crippen LogP contribution in [0, 0.1) is 6.92 Å². The quantitative estimate of drug-likeness (QED) is 0.737. The summed E-state index contributed by atoms with van der Waals surface area (Å²) < 4.78 is 9.12. The first-order chi connectivity index (χ1) is 9.70. The number of hydrogen-bond donors (Lipinski definition) is 1. The molecular formula is C12H23Cl2N5O2S. The third-order valence-electron chi connectivity index (χ3n) is 3.18. The zero-order valence-corrected chi connectivity index (χ0v) is 15.2. The monoisotopic (exact) mass is 371 g/mol. The summed E-state index contributed by atoms with van der Waals surface area (Å²) in [5.74, 6) is 0.958. The SMILES string of the molecule is COCCNCC(=O)N1CCN(c2nc(C)ns2)CC1.Cl.Cl. The Bertz CT molecular complexity index is 441. The van der Waals surface area contributed by atoms with Crippen molar-refractivity contribution in [3.63, 3.8) is 0 Å². The van der Waals surface area contributed by atoms with Gasteiger partial charge < -0.3 is 19.9 Å². The van der Waals surface area contributed by atoms with E-state index in [4.69, 9.17) is 4.74 Å². The molecule has 0 atom stereocenters. The van der Waals surface area contributed by atoms with Crippen LogP contribution in [0.4, 0.5) is 5.13 Å². The number of anilines is 1. The second-order valence-corrected chi connectivity index (χ2v) is 5.39. The number of nitrogens with one attached hydrogen (secondary N) is 1. The van der Waals surface area contributed by atoms with E-state index in [1.165, 1.54) is 11.5 Å². The number of hydrogen-bond acceptors (Lipinski definition) is 7. The molecule has 2 heterocycles. The molecule has 128 valence electrons. The predicted molar refractivity (Wildman–Crippen MR) is 92.7 cm³/mol. The van der Waals surface area contributed by atoms with E-state index >= 15 is 0 Å². The number of piperazine rings is 1. The molecule has 1 aliphatic rings. The van der Waals surface area contributed by atoms with Gasteiger partial charge in [-0.15, -0.1) is 24.8 Å². The molecule has 1 fully saturated rings.